The zero-order valence-corrected chi connectivity index (χ0v) is 10.7. The minimum absolute atomic E-state index is 0.239. The molecule has 0 aliphatic carbocycles. The summed E-state index contributed by atoms with van der Waals surface area (Å²) in [5.74, 6) is 0.912. The van der Waals surface area contributed by atoms with Gasteiger partial charge in [0.2, 0.25) is 0 Å². The van der Waals surface area contributed by atoms with Crippen LogP contribution in [0.4, 0.5) is 0 Å². The van der Waals surface area contributed by atoms with E-state index in [9.17, 15) is 0 Å². The molecule has 0 radical (unpaired) electrons. The van der Waals surface area contributed by atoms with Gasteiger partial charge >= 0.3 is 0 Å². The lowest BCUT2D eigenvalue weighted by Gasteiger charge is -2.15. The van der Waals surface area contributed by atoms with Gasteiger partial charge in [0.15, 0.2) is 5.22 Å². The van der Waals surface area contributed by atoms with Crippen LogP contribution in [-0.2, 0) is 4.74 Å². The Morgan fingerprint density at radius 3 is 2.88 bits per heavy atom. The molecule has 16 heavy (non-hydrogen) atoms. The number of hydrogen-bond donors (Lipinski definition) is 1. The van der Waals surface area contributed by atoms with Crippen LogP contribution >= 0.6 is 11.6 Å². The summed E-state index contributed by atoms with van der Waals surface area (Å²) in [6, 6.07) is 3.96. The number of rotatable bonds is 8. The van der Waals surface area contributed by atoms with Crippen molar-refractivity contribution in [1.82, 2.24) is 5.32 Å². The molecule has 1 N–H and O–H groups in total. The molecule has 0 spiro atoms. The molecule has 0 saturated carbocycles. The monoisotopic (exact) mass is 245 g/mol. The molecule has 4 heteroatoms. The van der Waals surface area contributed by atoms with Crippen LogP contribution in [0.2, 0.25) is 5.22 Å². The average Bonchev–Trinajstić information content (AvgIpc) is 2.70. The normalized spacial score (nSPS) is 12.9. The van der Waals surface area contributed by atoms with Crippen molar-refractivity contribution in [2.45, 2.75) is 32.2 Å². The van der Waals surface area contributed by atoms with E-state index in [-0.39, 0.29) is 6.04 Å². The van der Waals surface area contributed by atoms with Crippen LogP contribution in [0.5, 0.6) is 0 Å². The highest BCUT2D eigenvalue weighted by Crippen LogP contribution is 2.23. The van der Waals surface area contributed by atoms with Gasteiger partial charge < -0.3 is 14.5 Å². The van der Waals surface area contributed by atoms with Crippen LogP contribution in [0.3, 0.4) is 0 Å². The minimum Gasteiger partial charge on any atom is -0.448 e. The first kappa shape index (κ1) is 13.6. The molecule has 92 valence electrons. The molecule has 3 nitrogen and oxygen atoms in total. The van der Waals surface area contributed by atoms with Crippen LogP contribution in [0.25, 0.3) is 0 Å². The second-order valence-electron chi connectivity index (χ2n) is 3.78. The number of ether oxygens (including phenoxy) is 1. The fourth-order valence-corrected chi connectivity index (χ4v) is 1.76. The first-order chi connectivity index (χ1) is 7.77. The Hall–Kier alpha value is -0.510. The Morgan fingerprint density at radius 2 is 2.31 bits per heavy atom. The van der Waals surface area contributed by atoms with Crippen LogP contribution < -0.4 is 5.32 Å². The van der Waals surface area contributed by atoms with E-state index in [1.165, 1.54) is 0 Å². The van der Waals surface area contributed by atoms with Crippen molar-refractivity contribution < 1.29 is 9.15 Å². The van der Waals surface area contributed by atoms with Gasteiger partial charge in [-0.25, -0.2) is 0 Å². The lowest BCUT2D eigenvalue weighted by atomic mass is 10.1. The van der Waals surface area contributed by atoms with Crippen molar-refractivity contribution in [2.24, 2.45) is 0 Å². The van der Waals surface area contributed by atoms with Gasteiger partial charge in [0.25, 0.3) is 0 Å². The lowest BCUT2D eigenvalue weighted by molar-refractivity contribution is 0.187. The maximum Gasteiger partial charge on any atom is 0.193 e. The lowest BCUT2D eigenvalue weighted by Crippen LogP contribution is -2.22. The molecule has 0 aromatic carbocycles. The van der Waals surface area contributed by atoms with Crippen molar-refractivity contribution in [1.29, 1.82) is 0 Å². The maximum absolute atomic E-state index is 5.78. The molecular formula is C12H20ClNO2. The molecule has 1 aromatic heterocycles. The van der Waals surface area contributed by atoms with Crippen molar-refractivity contribution in [3.8, 4) is 0 Å². The molecule has 1 aromatic rings. The molecule has 0 aliphatic rings. The summed E-state index contributed by atoms with van der Waals surface area (Å²) >= 11 is 5.78. The summed E-state index contributed by atoms with van der Waals surface area (Å²) < 4.78 is 10.5. The molecular weight excluding hydrogens is 226 g/mol. The minimum atomic E-state index is 0.239. The van der Waals surface area contributed by atoms with E-state index in [1.807, 2.05) is 6.07 Å². The summed E-state index contributed by atoms with van der Waals surface area (Å²) in [5.41, 5.74) is 0. The summed E-state index contributed by atoms with van der Waals surface area (Å²) in [7, 11) is 1.72. The van der Waals surface area contributed by atoms with Gasteiger partial charge in [0.05, 0.1) is 6.04 Å². The SMILES string of the molecule is CCCNC(CCCOC)c1ccc(Cl)o1. The van der Waals surface area contributed by atoms with E-state index in [4.69, 9.17) is 20.8 Å². The van der Waals surface area contributed by atoms with Crippen LogP contribution in [0.15, 0.2) is 16.5 Å². The second-order valence-corrected chi connectivity index (χ2v) is 4.16. The van der Waals surface area contributed by atoms with E-state index in [1.54, 1.807) is 13.2 Å². The average molecular weight is 246 g/mol. The van der Waals surface area contributed by atoms with Crippen LogP contribution in [-0.4, -0.2) is 20.3 Å². The standard InChI is InChI=1S/C12H20ClNO2/c1-3-8-14-10(5-4-9-15-2)11-6-7-12(13)16-11/h6-7,10,14H,3-5,8-9H2,1-2H3. The molecule has 1 heterocycles. The number of methoxy groups -OCH3 is 1. The van der Waals surface area contributed by atoms with Gasteiger partial charge in [-0.05, 0) is 49.5 Å². The van der Waals surface area contributed by atoms with E-state index >= 15 is 0 Å². The molecule has 1 unspecified atom stereocenters. The Morgan fingerprint density at radius 1 is 1.50 bits per heavy atom. The zero-order chi connectivity index (χ0) is 11.8. The van der Waals surface area contributed by atoms with E-state index < -0.39 is 0 Å². The van der Waals surface area contributed by atoms with Gasteiger partial charge in [0.1, 0.15) is 5.76 Å². The summed E-state index contributed by atoms with van der Waals surface area (Å²) in [5, 5.41) is 3.90. The second kappa shape index (κ2) is 7.71. The largest absolute Gasteiger partial charge is 0.448 e. The molecule has 0 aliphatic heterocycles. The number of hydrogen-bond acceptors (Lipinski definition) is 3. The highest BCUT2D eigenvalue weighted by atomic mass is 35.5. The zero-order valence-electron chi connectivity index (χ0n) is 9.96. The summed E-state index contributed by atoms with van der Waals surface area (Å²) in [6.45, 7) is 3.91. The third kappa shape index (κ3) is 4.56. The van der Waals surface area contributed by atoms with Gasteiger partial charge in [-0.2, -0.15) is 0 Å². The van der Waals surface area contributed by atoms with Gasteiger partial charge in [-0.3, -0.25) is 0 Å². The van der Waals surface area contributed by atoms with Gasteiger partial charge in [-0.1, -0.05) is 6.92 Å². The van der Waals surface area contributed by atoms with Crippen molar-refractivity contribution >= 4 is 11.6 Å². The maximum atomic E-state index is 5.78. The van der Waals surface area contributed by atoms with Crippen LogP contribution in [0, 0.1) is 0 Å². The Balaban J connectivity index is 2.49. The van der Waals surface area contributed by atoms with Crippen LogP contribution in [0.1, 0.15) is 38.0 Å². The highest BCUT2D eigenvalue weighted by molar-refractivity contribution is 6.28. The Kier molecular flexibility index (Phi) is 6.53. The van der Waals surface area contributed by atoms with E-state index in [0.717, 1.165) is 38.2 Å². The number of halogens is 1. The number of nitrogens with one attached hydrogen (secondary N) is 1. The summed E-state index contributed by atoms with van der Waals surface area (Å²) in [4.78, 5) is 0. The topological polar surface area (TPSA) is 34.4 Å². The van der Waals surface area contributed by atoms with Gasteiger partial charge in [0, 0.05) is 13.7 Å². The molecule has 1 rings (SSSR count). The van der Waals surface area contributed by atoms with E-state index in [0.29, 0.717) is 5.22 Å². The fraction of sp³-hybridized carbons (Fsp3) is 0.667. The Labute approximate surface area is 102 Å². The predicted molar refractivity (Wildman–Crippen MR) is 65.9 cm³/mol. The fourth-order valence-electron chi connectivity index (χ4n) is 1.61. The molecule has 0 fully saturated rings. The first-order valence-electron chi connectivity index (χ1n) is 5.75. The predicted octanol–water partition coefficient (Wildman–Crippen LogP) is 3.40. The molecule has 0 saturated heterocycles. The smallest absolute Gasteiger partial charge is 0.193 e. The van der Waals surface area contributed by atoms with Crippen molar-refractivity contribution in [3.63, 3.8) is 0 Å². The number of furan rings is 1. The molecule has 0 amide bonds. The summed E-state index contributed by atoms with van der Waals surface area (Å²) in [6.07, 6.45) is 3.11. The van der Waals surface area contributed by atoms with Crippen molar-refractivity contribution in [3.05, 3.63) is 23.1 Å². The van der Waals surface area contributed by atoms with E-state index in [2.05, 4.69) is 12.2 Å². The molecule has 1 atom stereocenters. The molecule has 0 bridgehead atoms. The third-order valence-corrected chi connectivity index (χ3v) is 2.62. The van der Waals surface area contributed by atoms with Crippen molar-refractivity contribution in [2.75, 3.05) is 20.3 Å². The van der Waals surface area contributed by atoms with Gasteiger partial charge in [-0.15, -0.1) is 0 Å². The quantitative estimate of drug-likeness (QED) is 0.713. The third-order valence-electron chi connectivity index (χ3n) is 2.42. The first-order valence-corrected chi connectivity index (χ1v) is 6.13. The highest BCUT2D eigenvalue weighted by Gasteiger charge is 2.14. The Bertz CT molecular complexity index is 288.